The Morgan fingerprint density at radius 2 is 2.13 bits per heavy atom. The fourth-order valence-electron chi connectivity index (χ4n) is 1.02. The van der Waals surface area contributed by atoms with Crippen LogP contribution in [0.3, 0.4) is 0 Å². The number of hydrogen-bond acceptors (Lipinski definition) is 2. The maximum atomic E-state index is 11.3. The summed E-state index contributed by atoms with van der Waals surface area (Å²) in [7, 11) is 0. The molecule has 0 bridgehead atoms. The number of amides is 1. The van der Waals surface area contributed by atoms with E-state index in [9.17, 15) is 4.79 Å². The van der Waals surface area contributed by atoms with E-state index in [2.05, 4.69) is 5.32 Å². The van der Waals surface area contributed by atoms with Crippen molar-refractivity contribution in [3.63, 3.8) is 0 Å². The van der Waals surface area contributed by atoms with Crippen LogP contribution in [0, 0.1) is 0 Å². The molecule has 1 aromatic carbocycles. The molecule has 0 heterocycles. The molecular formula is C11H16AsNO2. The average molecular weight is 269 g/mol. The molecule has 0 aliphatic rings. The number of carbonyl (C=O) groups is 1. The van der Waals surface area contributed by atoms with Gasteiger partial charge < -0.3 is 0 Å². The van der Waals surface area contributed by atoms with Crippen molar-refractivity contribution in [1.29, 1.82) is 0 Å². The van der Waals surface area contributed by atoms with Crippen LogP contribution in [0.15, 0.2) is 30.3 Å². The van der Waals surface area contributed by atoms with Crippen molar-refractivity contribution in [2.75, 3.05) is 0 Å². The van der Waals surface area contributed by atoms with Crippen molar-refractivity contribution in [2.45, 2.75) is 24.8 Å². The second-order valence-electron chi connectivity index (χ2n) is 3.22. The monoisotopic (exact) mass is 269 g/mol. The molecule has 0 radical (unpaired) electrons. The molecule has 0 saturated carbocycles. The molecule has 0 aromatic heterocycles. The predicted molar refractivity (Wildman–Crippen MR) is 62.4 cm³/mol. The first-order valence-corrected chi connectivity index (χ1v) is 6.35. The number of benzene rings is 1. The zero-order chi connectivity index (χ0) is 11.1. The molecule has 1 rings (SSSR count). The van der Waals surface area contributed by atoms with Crippen LogP contribution in [0.5, 0.6) is 0 Å². The van der Waals surface area contributed by atoms with Crippen LogP contribution in [0.25, 0.3) is 0 Å². The number of nitrogens with one attached hydrogen (secondary N) is 1. The van der Waals surface area contributed by atoms with Gasteiger partial charge in [-0.05, 0) is 0 Å². The zero-order valence-corrected chi connectivity index (χ0v) is 11.2. The Balaban J connectivity index is 2.29. The standard InChI is InChI=1S/C11H16AsNO2/c1-2-10(12)13-11(14)15-8-9-6-4-3-5-7-9/h3-7,10H,2,8,12H2,1H3,(H,13,14). The van der Waals surface area contributed by atoms with Gasteiger partial charge >= 0.3 is 98.5 Å². The van der Waals surface area contributed by atoms with Gasteiger partial charge in [-0.25, -0.2) is 0 Å². The van der Waals surface area contributed by atoms with Gasteiger partial charge in [0.2, 0.25) is 0 Å². The van der Waals surface area contributed by atoms with E-state index in [0.29, 0.717) is 6.61 Å². The minimum absolute atomic E-state index is 0.223. The number of carbonyl (C=O) groups excluding carboxylic acids is 1. The topological polar surface area (TPSA) is 38.3 Å². The molecule has 2 atom stereocenters. The van der Waals surface area contributed by atoms with Gasteiger partial charge in [-0.1, -0.05) is 0 Å². The Kier molecular flexibility index (Phi) is 5.27. The summed E-state index contributed by atoms with van der Waals surface area (Å²) in [5.41, 5.74) is 1.00. The fourth-order valence-corrected chi connectivity index (χ4v) is 1.30. The van der Waals surface area contributed by atoms with Gasteiger partial charge in [-0.2, -0.15) is 0 Å². The van der Waals surface area contributed by atoms with E-state index in [4.69, 9.17) is 4.74 Å². The summed E-state index contributed by atoms with van der Waals surface area (Å²) in [5, 5.41) is 2.77. The molecule has 0 aliphatic heterocycles. The molecule has 15 heavy (non-hydrogen) atoms. The van der Waals surface area contributed by atoms with Crippen LogP contribution in [0.4, 0.5) is 4.79 Å². The molecule has 4 heteroatoms. The van der Waals surface area contributed by atoms with E-state index >= 15 is 0 Å². The van der Waals surface area contributed by atoms with E-state index in [1.807, 2.05) is 37.3 Å². The molecule has 3 nitrogen and oxygen atoms in total. The molecule has 2 unspecified atom stereocenters. The summed E-state index contributed by atoms with van der Waals surface area (Å²) >= 11 is 1.50. The van der Waals surface area contributed by atoms with Crippen LogP contribution in [0.1, 0.15) is 18.9 Å². The number of rotatable bonds is 4. The molecule has 0 spiro atoms. The second kappa shape index (κ2) is 6.52. The molecular weight excluding hydrogens is 253 g/mol. The van der Waals surface area contributed by atoms with Crippen molar-refractivity contribution in [3.8, 4) is 0 Å². The second-order valence-corrected chi connectivity index (χ2v) is 4.91. The summed E-state index contributed by atoms with van der Waals surface area (Å²) in [6.45, 7) is 2.36. The molecule has 0 saturated heterocycles. The van der Waals surface area contributed by atoms with Gasteiger partial charge in [-0.3, -0.25) is 0 Å². The molecule has 0 fully saturated rings. The van der Waals surface area contributed by atoms with Gasteiger partial charge in [0.25, 0.3) is 0 Å². The van der Waals surface area contributed by atoms with Crippen molar-refractivity contribution in [1.82, 2.24) is 5.32 Å². The summed E-state index contributed by atoms with van der Waals surface area (Å²) in [6, 6.07) is 9.65. The van der Waals surface area contributed by atoms with Gasteiger partial charge in [0.15, 0.2) is 0 Å². The SMILES string of the molecule is CCC([AsH2])NC(=O)OCc1ccccc1. The van der Waals surface area contributed by atoms with Crippen LogP contribution >= 0.6 is 0 Å². The number of alkyl carbamates (subject to hydrolysis) is 1. The Bertz CT molecular complexity index is 303. The first kappa shape index (κ1) is 12.1. The predicted octanol–water partition coefficient (Wildman–Crippen LogP) is 1.28. The number of hydrogen-bond donors (Lipinski definition) is 1. The normalized spacial score (nSPS) is 11.9. The number of ether oxygens (including phenoxy) is 1. The summed E-state index contributed by atoms with van der Waals surface area (Å²) in [6.07, 6.45) is 0.593. The summed E-state index contributed by atoms with van der Waals surface area (Å²) < 4.78 is 5.06. The van der Waals surface area contributed by atoms with Gasteiger partial charge in [0, 0.05) is 0 Å². The van der Waals surface area contributed by atoms with Crippen molar-refractivity contribution >= 4 is 22.9 Å². The molecule has 0 aliphatic carbocycles. The van der Waals surface area contributed by atoms with Gasteiger partial charge in [0.05, 0.1) is 0 Å². The van der Waals surface area contributed by atoms with Crippen LogP contribution in [-0.4, -0.2) is 27.8 Å². The van der Waals surface area contributed by atoms with Gasteiger partial charge in [0.1, 0.15) is 0 Å². The third-order valence-corrected chi connectivity index (χ3v) is 3.29. The van der Waals surface area contributed by atoms with Crippen molar-refractivity contribution in [2.24, 2.45) is 0 Å². The Hall–Kier alpha value is -0.952. The Labute approximate surface area is 98.7 Å². The van der Waals surface area contributed by atoms with Crippen LogP contribution in [0.2, 0.25) is 0 Å². The average Bonchev–Trinajstić information content (AvgIpc) is 2.27. The van der Waals surface area contributed by atoms with Crippen molar-refractivity contribution < 1.29 is 9.53 Å². The Morgan fingerprint density at radius 1 is 1.47 bits per heavy atom. The molecule has 1 N–H and O–H groups in total. The maximum absolute atomic E-state index is 11.3. The minimum atomic E-state index is -0.338. The van der Waals surface area contributed by atoms with E-state index in [1.165, 1.54) is 16.9 Å². The van der Waals surface area contributed by atoms with E-state index < -0.39 is 0 Å². The first-order valence-electron chi connectivity index (χ1n) is 4.95. The third-order valence-electron chi connectivity index (χ3n) is 1.96. The van der Waals surface area contributed by atoms with E-state index in [1.54, 1.807) is 0 Å². The summed E-state index contributed by atoms with van der Waals surface area (Å²) in [5.74, 6) is 0. The van der Waals surface area contributed by atoms with Crippen LogP contribution < -0.4 is 5.32 Å². The Morgan fingerprint density at radius 3 is 2.73 bits per heavy atom. The quantitative estimate of drug-likeness (QED) is 0.836. The first-order chi connectivity index (χ1) is 7.22. The van der Waals surface area contributed by atoms with Crippen LogP contribution in [-0.2, 0) is 11.3 Å². The fraction of sp³-hybridized carbons (Fsp3) is 0.364. The molecule has 1 aromatic rings. The zero-order valence-electron chi connectivity index (χ0n) is 8.77. The molecule has 82 valence electrons. The molecule has 1 amide bonds. The summed E-state index contributed by atoms with van der Waals surface area (Å²) in [4.78, 5) is 11.5. The van der Waals surface area contributed by atoms with E-state index in [0.717, 1.165) is 12.0 Å². The third kappa shape index (κ3) is 4.89. The van der Waals surface area contributed by atoms with E-state index in [-0.39, 0.29) is 10.9 Å². The van der Waals surface area contributed by atoms with Crippen molar-refractivity contribution in [3.05, 3.63) is 35.9 Å². The van der Waals surface area contributed by atoms with Gasteiger partial charge in [-0.15, -0.1) is 0 Å².